The highest BCUT2D eigenvalue weighted by atomic mass is 16.2. The van der Waals surface area contributed by atoms with Crippen molar-refractivity contribution in [1.29, 1.82) is 0 Å². The predicted octanol–water partition coefficient (Wildman–Crippen LogP) is 3.26. The van der Waals surface area contributed by atoms with E-state index in [1.54, 1.807) is 6.08 Å². The van der Waals surface area contributed by atoms with Gasteiger partial charge in [0.05, 0.1) is 0 Å². The molecule has 0 saturated heterocycles. The summed E-state index contributed by atoms with van der Waals surface area (Å²) in [5, 5.41) is 0. The fourth-order valence-electron chi connectivity index (χ4n) is 2.76. The highest BCUT2D eigenvalue weighted by molar-refractivity contribution is 6.05. The lowest BCUT2D eigenvalue weighted by atomic mass is 10.1. The van der Waals surface area contributed by atoms with Gasteiger partial charge in [0.1, 0.15) is 0 Å². The number of anilines is 2. The average molecular weight is 278 g/mol. The van der Waals surface area contributed by atoms with Crippen LogP contribution in [0.1, 0.15) is 18.1 Å². The van der Waals surface area contributed by atoms with Gasteiger partial charge in [-0.15, -0.1) is 0 Å². The molecule has 2 aromatic rings. The second kappa shape index (κ2) is 5.44. The third kappa shape index (κ3) is 2.68. The molecule has 0 aliphatic carbocycles. The maximum Gasteiger partial charge on any atom is 0.251 e. The Morgan fingerprint density at radius 1 is 1.19 bits per heavy atom. The molecule has 0 spiro atoms. The van der Waals surface area contributed by atoms with Crippen molar-refractivity contribution in [2.45, 2.75) is 19.4 Å². The molecule has 3 nitrogen and oxygen atoms in total. The third-order valence-corrected chi connectivity index (χ3v) is 3.80. The van der Waals surface area contributed by atoms with E-state index >= 15 is 0 Å². The van der Waals surface area contributed by atoms with Crippen LogP contribution in [0, 0.1) is 0 Å². The van der Waals surface area contributed by atoms with Gasteiger partial charge in [-0.3, -0.25) is 4.79 Å². The van der Waals surface area contributed by atoms with E-state index in [4.69, 9.17) is 5.73 Å². The number of rotatable bonds is 2. The van der Waals surface area contributed by atoms with Crippen molar-refractivity contribution in [2.75, 3.05) is 10.6 Å². The van der Waals surface area contributed by atoms with E-state index in [1.807, 2.05) is 53.4 Å². The van der Waals surface area contributed by atoms with Crippen LogP contribution in [0.3, 0.4) is 0 Å². The second-order valence-electron chi connectivity index (χ2n) is 5.39. The standard InChI is InChI=1S/C18H18N2O/c1-13-12-15-4-2-3-5-17(15)20(13)18(21)11-8-14-6-9-16(19)10-7-14/h2-11,13H,12,19H2,1H3/b11-8+. The van der Waals surface area contributed by atoms with E-state index in [0.717, 1.165) is 23.4 Å². The maximum atomic E-state index is 12.5. The van der Waals surface area contributed by atoms with Gasteiger partial charge in [0, 0.05) is 23.5 Å². The van der Waals surface area contributed by atoms with Gasteiger partial charge in [-0.1, -0.05) is 30.3 Å². The van der Waals surface area contributed by atoms with E-state index in [-0.39, 0.29) is 11.9 Å². The second-order valence-corrected chi connectivity index (χ2v) is 5.39. The first-order chi connectivity index (χ1) is 10.1. The molecule has 0 saturated carbocycles. The molecular weight excluding hydrogens is 260 g/mol. The molecule has 2 aromatic carbocycles. The molecule has 3 rings (SSSR count). The van der Waals surface area contributed by atoms with Crippen LogP contribution in [0.2, 0.25) is 0 Å². The Kier molecular flexibility index (Phi) is 3.48. The molecule has 106 valence electrons. The van der Waals surface area contributed by atoms with Crippen LogP contribution < -0.4 is 10.6 Å². The van der Waals surface area contributed by atoms with E-state index in [9.17, 15) is 4.79 Å². The summed E-state index contributed by atoms with van der Waals surface area (Å²) in [6.45, 7) is 2.08. The minimum absolute atomic E-state index is 0.0178. The number of para-hydroxylation sites is 1. The summed E-state index contributed by atoms with van der Waals surface area (Å²) in [7, 11) is 0. The number of nitrogen functional groups attached to an aromatic ring is 1. The molecule has 3 heteroatoms. The van der Waals surface area contributed by atoms with Gasteiger partial charge in [-0.2, -0.15) is 0 Å². The summed E-state index contributed by atoms with van der Waals surface area (Å²) in [5.74, 6) is 0.0178. The number of fused-ring (bicyclic) bond motifs is 1. The zero-order valence-corrected chi connectivity index (χ0v) is 12.0. The van der Waals surface area contributed by atoms with Gasteiger partial charge in [-0.25, -0.2) is 0 Å². The van der Waals surface area contributed by atoms with Crippen LogP contribution in [0.5, 0.6) is 0 Å². The van der Waals surface area contributed by atoms with Gasteiger partial charge in [-0.05, 0) is 48.7 Å². The molecular formula is C18H18N2O. The smallest absolute Gasteiger partial charge is 0.251 e. The molecule has 1 atom stereocenters. The van der Waals surface area contributed by atoms with Crippen molar-refractivity contribution in [3.63, 3.8) is 0 Å². The van der Waals surface area contributed by atoms with Crippen LogP contribution in [0.25, 0.3) is 6.08 Å². The van der Waals surface area contributed by atoms with Crippen molar-refractivity contribution in [3.8, 4) is 0 Å². The molecule has 1 aliphatic rings. The molecule has 0 bridgehead atoms. The average Bonchev–Trinajstić information content (AvgIpc) is 2.82. The predicted molar refractivity (Wildman–Crippen MR) is 87.0 cm³/mol. The molecule has 1 amide bonds. The number of hydrogen-bond acceptors (Lipinski definition) is 2. The number of amides is 1. The summed E-state index contributed by atoms with van der Waals surface area (Å²) < 4.78 is 0. The number of carbonyl (C=O) groups is 1. The van der Waals surface area contributed by atoms with Crippen LogP contribution in [0.15, 0.2) is 54.6 Å². The number of carbonyl (C=O) groups excluding carboxylic acids is 1. The van der Waals surface area contributed by atoms with Crippen molar-refractivity contribution in [1.82, 2.24) is 0 Å². The molecule has 0 fully saturated rings. The molecule has 1 aliphatic heterocycles. The van der Waals surface area contributed by atoms with E-state index in [0.29, 0.717) is 0 Å². The normalized spacial score (nSPS) is 17.2. The van der Waals surface area contributed by atoms with Crippen LogP contribution in [0.4, 0.5) is 11.4 Å². The van der Waals surface area contributed by atoms with Crippen LogP contribution in [-0.2, 0) is 11.2 Å². The topological polar surface area (TPSA) is 46.3 Å². The Labute approximate surface area is 124 Å². The summed E-state index contributed by atoms with van der Waals surface area (Å²) in [6.07, 6.45) is 4.37. The molecule has 1 heterocycles. The fraction of sp³-hybridized carbons (Fsp3) is 0.167. The van der Waals surface area contributed by atoms with E-state index in [2.05, 4.69) is 13.0 Å². The zero-order chi connectivity index (χ0) is 14.8. The Morgan fingerprint density at radius 2 is 1.90 bits per heavy atom. The maximum absolute atomic E-state index is 12.5. The molecule has 1 unspecified atom stereocenters. The van der Waals surface area contributed by atoms with E-state index < -0.39 is 0 Å². The Morgan fingerprint density at radius 3 is 2.67 bits per heavy atom. The first-order valence-electron chi connectivity index (χ1n) is 7.10. The van der Waals surface area contributed by atoms with Gasteiger partial charge >= 0.3 is 0 Å². The van der Waals surface area contributed by atoms with Gasteiger partial charge in [0.15, 0.2) is 0 Å². The monoisotopic (exact) mass is 278 g/mol. The Hall–Kier alpha value is -2.55. The fourth-order valence-corrected chi connectivity index (χ4v) is 2.76. The first kappa shape index (κ1) is 13.4. The number of benzene rings is 2. The van der Waals surface area contributed by atoms with Crippen molar-refractivity contribution < 1.29 is 4.79 Å². The van der Waals surface area contributed by atoms with Crippen LogP contribution >= 0.6 is 0 Å². The summed E-state index contributed by atoms with van der Waals surface area (Å²) in [5.41, 5.74) is 9.61. The molecule has 2 N–H and O–H groups in total. The molecule has 21 heavy (non-hydrogen) atoms. The number of nitrogens with two attached hydrogens (primary N) is 1. The highest BCUT2D eigenvalue weighted by Gasteiger charge is 2.28. The quantitative estimate of drug-likeness (QED) is 0.677. The Bertz CT molecular complexity index is 689. The van der Waals surface area contributed by atoms with Crippen molar-refractivity contribution in [2.24, 2.45) is 0 Å². The lowest BCUT2D eigenvalue weighted by Gasteiger charge is -2.20. The molecule has 0 radical (unpaired) electrons. The van der Waals surface area contributed by atoms with Gasteiger partial charge < -0.3 is 10.6 Å². The van der Waals surface area contributed by atoms with Gasteiger partial charge in [0.2, 0.25) is 0 Å². The largest absolute Gasteiger partial charge is 0.399 e. The van der Waals surface area contributed by atoms with Crippen molar-refractivity contribution in [3.05, 3.63) is 65.7 Å². The first-order valence-corrected chi connectivity index (χ1v) is 7.10. The lowest BCUT2D eigenvalue weighted by molar-refractivity contribution is -0.114. The van der Waals surface area contributed by atoms with E-state index in [1.165, 1.54) is 5.56 Å². The summed E-state index contributed by atoms with van der Waals surface area (Å²) in [4.78, 5) is 14.3. The highest BCUT2D eigenvalue weighted by Crippen LogP contribution is 2.31. The van der Waals surface area contributed by atoms with Crippen molar-refractivity contribution >= 4 is 23.4 Å². The summed E-state index contributed by atoms with van der Waals surface area (Å²) in [6, 6.07) is 15.8. The molecule has 0 aromatic heterocycles. The number of nitrogens with zero attached hydrogens (tertiary/aromatic N) is 1. The number of hydrogen-bond donors (Lipinski definition) is 1. The van der Waals surface area contributed by atoms with Crippen LogP contribution in [-0.4, -0.2) is 11.9 Å². The lowest BCUT2D eigenvalue weighted by Crippen LogP contribution is -2.34. The summed E-state index contributed by atoms with van der Waals surface area (Å²) >= 11 is 0. The minimum Gasteiger partial charge on any atom is -0.399 e. The minimum atomic E-state index is 0.0178. The third-order valence-electron chi connectivity index (χ3n) is 3.80. The van der Waals surface area contributed by atoms with Gasteiger partial charge in [0.25, 0.3) is 5.91 Å². The zero-order valence-electron chi connectivity index (χ0n) is 12.0. The SMILES string of the molecule is CC1Cc2ccccc2N1C(=O)/C=C/c1ccc(N)cc1. The Balaban J connectivity index is 1.81.